The van der Waals surface area contributed by atoms with E-state index in [0.29, 0.717) is 5.69 Å². The number of thiazole rings is 1. The van der Waals surface area contributed by atoms with Crippen molar-refractivity contribution in [3.8, 4) is 0 Å². The summed E-state index contributed by atoms with van der Waals surface area (Å²) in [5.41, 5.74) is 1.49. The monoisotopic (exact) mass is 234 g/mol. The van der Waals surface area contributed by atoms with Crippen molar-refractivity contribution in [1.82, 2.24) is 4.98 Å². The molecule has 1 heterocycles. The zero-order chi connectivity index (χ0) is 11.5. The molecule has 0 unspecified atom stereocenters. The highest BCUT2D eigenvalue weighted by Gasteiger charge is 2.05. The number of aromatic nitrogens is 1. The highest BCUT2D eigenvalue weighted by Crippen LogP contribution is 2.26. The van der Waals surface area contributed by atoms with Crippen LogP contribution in [0.15, 0.2) is 28.3 Å². The Morgan fingerprint density at radius 1 is 1.56 bits per heavy atom. The highest BCUT2D eigenvalue weighted by molar-refractivity contribution is 7.18. The summed E-state index contributed by atoms with van der Waals surface area (Å²) in [6.07, 6.45) is 1.17. The standard InChI is InChI=1S/C10H10N4OS/c1-7-13-9-4-3-8(5-10(9)16-7)14(15)12-6-11-2/h3-6,15H,2H2,1H3/b12-6-. The lowest BCUT2D eigenvalue weighted by atomic mass is 10.3. The predicted octanol–water partition coefficient (Wildman–Crippen LogP) is 2.44. The summed E-state index contributed by atoms with van der Waals surface area (Å²) in [4.78, 5) is 7.74. The number of nitrogens with zero attached hydrogens (tertiary/aromatic N) is 4. The molecule has 0 aliphatic carbocycles. The van der Waals surface area contributed by atoms with E-state index in [1.165, 1.54) is 6.34 Å². The van der Waals surface area contributed by atoms with Crippen molar-refractivity contribution in [2.45, 2.75) is 6.92 Å². The van der Waals surface area contributed by atoms with E-state index in [1.807, 2.05) is 19.1 Å². The number of aryl methyl sites for hydroxylation is 1. The van der Waals surface area contributed by atoms with Gasteiger partial charge < -0.3 is 0 Å². The second-order valence-corrected chi connectivity index (χ2v) is 4.32. The third kappa shape index (κ3) is 2.07. The minimum Gasteiger partial charge on any atom is -0.267 e. The fourth-order valence-electron chi connectivity index (χ4n) is 1.31. The normalized spacial score (nSPS) is 11.1. The average molecular weight is 234 g/mol. The summed E-state index contributed by atoms with van der Waals surface area (Å²) in [6, 6.07) is 5.40. The van der Waals surface area contributed by atoms with Gasteiger partial charge in [0.2, 0.25) is 0 Å². The SMILES string of the molecule is C=N/C=N\N(O)c1ccc2nc(C)sc2c1. The first-order valence-electron chi connectivity index (χ1n) is 4.55. The molecule has 1 N–H and O–H groups in total. The van der Waals surface area contributed by atoms with Crippen LogP contribution in [0, 0.1) is 6.92 Å². The quantitative estimate of drug-likeness (QED) is 0.504. The summed E-state index contributed by atoms with van der Waals surface area (Å²) in [7, 11) is 0. The molecule has 16 heavy (non-hydrogen) atoms. The maximum absolute atomic E-state index is 9.55. The molecule has 6 heteroatoms. The Kier molecular flexibility index (Phi) is 2.93. The van der Waals surface area contributed by atoms with E-state index in [0.717, 1.165) is 20.4 Å². The molecule has 0 radical (unpaired) electrons. The Bertz CT molecular complexity index is 549. The Labute approximate surface area is 96.3 Å². The molecule has 1 aromatic carbocycles. The number of hydrogen-bond acceptors (Lipinski definition) is 5. The van der Waals surface area contributed by atoms with E-state index in [9.17, 15) is 5.21 Å². The van der Waals surface area contributed by atoms with Gasteiger partial charge >= 0.3 is 0 Å². The van der Waals surface area contributed by atoms with Crippen LogP contribution in [0.25, 0.3) is 10.2 Å². The van der Waals surface area contributed by atoms with Crippen molar-refractivity contribution >= 4 is 40.3 Å². The van der Waals surface area contributed by atoms with E-state index in [4.69, 9.17) is 0 Å². The number of hydrazone groups is 1. The average Bonchev–Trinajstić information content (AvgIpc) is 2.64. The van der Waals surface area contributed by atoms with Crippen molar-refractivity contribution in [2.75, 3.05) is 5.17 Å². The lowest BCUT2D eigenvalue weighted by molar-refractivity contribution is 0.260. The maximum atomic E-state index is 9.55. The Balaban J connectivity index is 2.38. The minimum atomic E-state index is 0.566. The molecule has 1 aromatic heterocycles. The molecule has 0 aliphatic rings. The fourth-order valence-corrected chi connectivity index (χ4v) is 2.17. The van der Waals surface area contributed by atoms with Gasteiger partial charge in [-0.3, -0.25) is 10.2 Å². The molecule has 0 saturated heterocycles. The molecule has 82 valence electrons. The second-order valence-electron chi connectivity index (χ2n) is 3.09. The van der Waals surface area contributed by atoms with Crippen molar-refractivity contribution in [3.05, 3.63) is 23.2 Å². The lowest BCUT2D eigenvalue weighted by Gasteiger charge is -2.08. The van der Waals surface area contributed by atoms with Gasteiger partial charge in [0.1, 0.15) is 6.34 Å². The predicted molar refractivity (Wildman–Crippen MR) is 66.7 cm³/mol. The topological polar surface area (TPSA) is 61.1 Å². The van der Waals surface area contributed by atoms with Crippen LogP contribution < -0.4 is 5.17 Å². The van der Waals surface area contributed by atoms with Crippen molar-refractivity contribution in [2.24, 2.45) is 10.1 Å². The van der Waals surface area contributed by atoms with Gasteiger partial charge in [-0.1, -0.05) is 0 Å². The van der Waals surface area contributed by atoms with Gasteiger partial charge in [-0.05, 0) is 31.8 Å². The van der Waals surface area contributed by atoms with E-state index in [2.05, 4.69) is 21.8 Å². The van der Waals surface area contributed by atoms with E-state index >= 15 is 0 Å². The molecule has 0 saturated carbocycles. The van der Waals surface area contributed by atoms with Crippen LogP contribution in [0.5, 0.6) is 0 Å². The summed E-state index contributed by atoms with van der Waals surface area (Å²) >= 11 is 1.57. The van der Waals surface area contributed by atoms with Gasteiger partial charge in [-0.25, -0.2) is 4.98 Å². The number of rotatable bonds is 3. The summed E-state index contributed by atoms with van der Waals surface area (Å²) in [5.74, 6) is 0. The molecule has 0 atom stereocenters. The first kappa shape index (κ1) is 10.7. The first-order valence-corrected chi connectivity index (χ1v) is 5.37. The van der Waals surface area contributed by atoms with Gasteiger partial charge in [-0.2, -0.15) is 0 Å². The number of benzene rings is 1. The zero-order valence-corrected chi connectivity index (χ0v) is 9.48. The first-order chi connectivity index (χ1) is 7.70. The molecule has 2 aromatic rings. The number of fused-ring (bicyclic) bond motifs is 1. The Morgan fingerprint density at radius 2 is 2.38 bits per heavy atom. The van der Waals surface area contributed by atoms with Gasteiger partial charge in [0.15, 0.2) is 0 Å². The molecule has 5 nitrogen and oxygen atoms in total. The van der Waals surface area contributed by atoms with Crippen LogP contribution in [0.2, 0.25) is 0 Å². The van der Waals surface area contributed by atoms with Gasteiger partial charge in [0.05, 0.1) is 20.9 Å². The molecule has 2 rings (SSSR count). The van der Waals surface area contributed by atoms with Crippen LogP contribution >= 0.6 is 11.3 Å². The Morgan fingerprint density at radius 3 is 3.12 bits per heavy atom. The third-order valence-electron chi connectivity index (χ3n) is 1.95. The van der Waals surface area contributed by atoms with Crippen LogP contribution in [0.3, 0.4) is 0 Å². The maximum Gasteiger partial charge on any atom is 0.137 e. The Hall–Kier alpha value is -1.79. The number of aliphatic imine (C=N–C) groups is 1. The molecule has 0 spiro atoms. The zero-order valence-electron chi connectivity index (χ0n) is 8.66. The van der Waals surface area contributed by atoms with Crippen LogP contribution in [-0.4, -0.2) is 23.2 Å². The van der Waals surface area contributed by atoms with E-state index in [-0.39, 0.29) is 0 Å². The smallest absolute Gasteiger partial charge is 0.137 e. The molecule has 0 bridgehead atoms. The highest BCUT2D eigenvalue weighted by atomic mass is 32.1. The fraction of sp³-hybridized carbons (Fsp3) is 0.100. The molecule has 0 fully saturated rings. The van der Waals surface area contributed by atoms with E-state index in [1.54, 1.807) is 17.4 Å². The lowest BCUT2D eigenvalue weighted by Crippen LogP contribution is -2.08. The van der Waals surface area contributed by atoms with Gasteiger partial charge in [0.25, 0.3) is 0 Å². The van der Waals surface area contributed by atoms with Gasteiger partial charge in [-0.15, -0.1) is 21.6 Å². The molecule has 0 amide bonds. The number of hydrogen-bond donors (Lipinski definition) is 1. The van der Waals surface area contributed by atoms with Crippen molar-refractivity contribution in [1.29, 1.82) is 0 Å². The van der Waals surface area contributed by atoms with Crippen molar-refractivity contribution < 1.29 is 5.21 Å². The molecular weight excluding hydrogens is 224 g/mol. The van der Waals surface area contributed by atoms with Crippen molar-refractivity contribution in [3.63, 3.8) is 0 Å². The van der Waals surface area contributed by atoms with Crippen LogP contribution in [0.4, 0.5) is 5.69 Å². The largest absolute Gasteiger partial charge is 0.267 e. The minimum absolute atomic E-state index is 0.566. The second kappa shape index (κ2) is 4.38. The number of anilines is 1. The van der Waals surface area contributed by atoms with Gasteiger partial charge in [0, 0.05) is 0 Å². The third-order valence-corrected chi connectivity index (χ3v) is 2.89. The molecular formula is C10H10N4OS. The summed E-state index contributed by atoms with van der Waals surface area (Å²) < 4.78 is 1.01. The molecule has 0 aliphatic heterocycles. The van der Waals surface area contributed by atoms with Crippen LogP contribution in [0.1, 0.15) is 5.01 Å². The summed E-state index contributed by atoms with van der Waals surface area (Å²) in [6.45, 7) is 5.18. The summed E-state index contributed by atoms with van der Waals surface area (Å²) in [5, 5.41) is 14.9. The van der Waals surface area contributed by atoms with Crippen LogP contribution in [-0.2, 0) is 0 Å². The van der Waals surface area contributed by atoms with E-state index < -0.39 is 0 Å².